The molecule has 150 valence electrons. The van der Waals surface area contributed by atoms with Crippen LogP contribution in [0, 0.1) is 5.82 Å². The van der Waals surface area contributed by atoms with Gasteiger partial charge < -0.3 is 14.6 Å². The molecule has 1 aromatic carbocycles. The molecule has 0 saturated carbocycles. The van der Waals surface area contributed by atoms with Crippen LogP contribution in [0.1, 0.15) is 29.5 Å². The molecule has 0 bridgehead atoms. The van der Waals surface area contributed by atoms with Gasteiger partial charge in [0, 0.05) is 37.3 Å². The van der Waals surface area contributed by atoms with Crippen molar-refractivity contribution in [2.45, 2.75) is 19.9 Å². The molecule has 7 nitrogen and oxygen atoms in total. The van der Waals surface area contributed by atoms with E-state index in [1.807, 2.05) is 0 Å². The van der Waals surface area contributed by atoms with Gasteiger partial charge in [0.25, 0.3) is 5.91 Å². The standard InChI is InChI=1S/C20H18ClFN4O3/c1-3-17(27)26(2)15-7-6-12(9-14(15)22)20-25-11-16(29-20)19(28)24-10-13-5-4-8-23-18(13)21/h4-9,11H,3,10H2,1-2H3,(H,24,28). The highest BCUT2D eigenvalue weighted by Crippen LogP contribution is 2.26. The summed E-state index contributed by atoms with van der Waals surface area (Å²) in [7, 11) is 1.51. The van der Waals surface area contributed by atoms with E-state index in [2.05, 4.69) is 15.3 Å². The highest BCUT2D eigenvalue weighted by Gasteiger charge is 2.17. The number of rotatable bonds is 6. The van der Waals surface area contributed by atoms with Crippen molar-refractivity contribution in [1.29, 1.82) is 0 Å². The molecule has 0 fully saturated rings. The van der Waals surface area contributed by atoms with Gasteiger partial charge in [-0.3, -0.25) is 9.59 Å². The van der Waals surface area contributed by atoms with Crippen LogP contribution in [0.2, 0.25) is 5.15 Å². The summed E-state index contributed by atoms with van der Waals surface area (Å²) in [5.74, 6) is -1.23. The Balaban J connectivity index is 1.72. The summed E-state index contributed by atoms with van der Waals surface area (Å²) >= 11 is 5.96. The number of pyridine rings is 1. The Bertz CT molecular complexity index is 1050. The predicted octanol–water partition coefficient (Wildman–Crippen LogP) is 3.83. The molecule has 9 heteroatoms. The smallest absolute Gasteiger partial charge is 0.288 e. The number of hydrogen-bond acceptors (Lipinski definition) is 5. The van der Waals surface area contributed by atoms with Gasteiger partial charge in [-0.1, -0.05) is 24.6 Å². The lowest BCUT2D eigenvalue weighted by Crippen LogP contribution is -2.25. The first-order chi connectivity index (χ1) is 13.9. The van der Waals surface area contributed by atoms with Crippen LogP contribution in [0.5, 0.6) is 0 Å². The van der Waals surface area contributed by atoms with Crippen LogP contribution >= 0.6 is 11.6 Å². The Labute approximate surface area is 171 Å². The predicted molar refractivity (Wildman–Crippen MR) is 106 cm³/mol. The van der Waals surface area contributed by atoms with Crippen molar-refractivity contribution in [1.82, 2.24) is 15.3 Å². The maximum Gasteiger partial charge on any atom is 0.288 e. The summed E-state index contributed by atoms with van der Waals surface area (Å²) < 4.78 is 19.9. The van der Waals surface area contributed by atoms with E-state index in [1.54, 1.807) is 31.3 Å². The second-order valence-electron chi connectivity index (χ2n) is 6.14. The Hall–Kier alpha value is -3.26. The molecule has 0 radical (unpaired) electrons. The average molecular weight is 417 g/mol. The topological polar surface area (TPSA) is 88.3 Å². The summed E-state index contributed by atoms with van der Waals surface area (Å²) in [5.41, 5.74) is 1.15. The zero-order valence-corrected chi connectivity index (χ0v) is 16.5. The number of amides is 2. The molecule has 0 unspecified atom stereocenters. The molecule has 2 amide bonds. The fourth-order valence-electron chi connectivity index (χ4n) is 2.61. The van der Waals surface area contributed by atoms with E-state index in [9.17, 15) is 14.0 Å². The molecular formula is C20H18ClFN4O3. The summed E-state index contributed by atoms with van der Waals surface area (Å²) in [6, 6.07) is 7.70. The molecule has 0 saturated heterocycles. The fourth-order valence-corrected chi connectivity index (χ4v) is 2.80. The molecule has 0 atom stereocenters. The number of nitrogens with one attached hydrogen (secondary N) is 1. The number of anilines is 1. The number of aromatic nitrogens is 2. The molecule has 3 rings (SSSR count). The van der Waals surface area contributed by atoms with Gasteiger partial charge in [0.05, 0.1) is 11.9 Å². The van der Waals surface area contributed by atoms with E-state index in [0.29, 0.717) is 16.3 Å². The number of halogens is 2. The van der Waals surface area contributed by atoms with Gasteiger partial charge in [0.2, 0.25) is 17.6 Å². The van der Waals surface area contributed by atoms with Gasteiger partial charge in [-0.05, 0) is 24.3 Å². The van der Waals surface area contributed by atoms with Crippen LogP contribution in [0.15, 0.2) is 47.1 Å². The van der Waals surface area contributed by atoms with Gasteiger partial charge in [0.1, 0.15) is 11.0 Å². The van der Waals surface area contributed by atoms with Crippen LogP contribution in [0.25, 0.3) is 11.5 Å². The second kappa shape index (κ2) is 8.83. The average Bonchev–Trinajstić information content (AvgIpc) is 3.22. The maximum absolute atomic E-state index is 14.4. The minimum Gasteiger partial charge on any atom is -0.431 e. The maximum atomic E-state index is 14.4. The van der Waals surface area contributed by atoms with Crippen molar-refractivity contribution < 1.29 is 18.4 Å². The SMILES string of the molecule is CCC(=O)N(C)c1ccc(-c2ncc(C(=O)NCc3cccnc3Cl)o2)cc1F. The summed E-state index contributed by atoms with van der Waals surface area (Å²) in [5, 5.41) is 2.96. The largest absolute Gasteiger partial charge is 0.431 e. The van der Waals surface area contributed by atoms with Gasteiger partial charge >= 0.3 is 0 Å². The van der Waals surface area contributed by atoms with Crippen molar-refractivity contribution in [2.75, 3.05) is 11.9 Å². The quantitative estimate of drug-likeness (QED) is 0.617. The van der Waals surface area contributed by atoms with Gasteiger partial charge in [-0.2, -0.15) is 0 Å². The van der Waals surface area contributed by atoms with E-state index < -0.39 is 11.7 Å². The number of benzene rings is 1. The number of carbonyl (C=O) groups excluding carboxylic acids is 2. The van der Waals surface area contributed by atoms with Gasteiger partial charge in [-0.15, -0.1) is 0 Å². The molecule has 0 aliphatic carbocycles. The zero-order valence-electron chi connectivity index (χ0n) is 15.8. The molecule has 3 aromatic rings. The minimum atomic E-state index is -0.595. The third-order valence-corrected chi connectivity index (χ3v) is 4.58. The Kier molecular flexibility index (Phi) is 6.23. The monoisotopic (exact) mass is 416 g/mol. The highest BCUT2D eigenvalue weighted by molar-refractivity contribution is 6.30. The van der Waals surface area contributed by atoms with E-state index >= 15 is 0 Å². The number of oxazole rings is 1. The van der Waals surface area contributed by atoms with E-state index in [-0.39, 0.29) is 36.2 Å². The van der Waals surface area contributed by atoms with E-state index in [0.717, 1.165) is 0 Å². The number of hydrogen-bond donors (Lipinski definition) is 1. The lowest BCUT2D eigenvalue weighted by Gasteiger charge is -2.17. The van der Waals surface area contributed by atoms with Crippen molar-refractivity contribution in [2.24, 2.45) is 0 Å². The lowest BCUT2D eigenvalue weighted by atomic mass is 10.2. The number of carbonyl (C=O) groups is 2. The first-order valence-electron chi connectivity index (χ1n) is 8.80. The second-order valence-corrected chi connectivity index (χ2v) is 6.50. The zero-order chi connectivity index (χ0) is 21.0. The molecule has 29 heavy (non-hydrogen) atoms. The van der Waals surface area contributed by atoms with Gasteiger partial charge in [-0.25, -0.2) is 14.4 Å². The summed E-state index contributed by atoms with van der Waals surface area (Å²) in [4.78, 5) is 33.2. The molecule has 0 aliphatic rings. The first kappa shape index (κ1) is 20.5. The molecule has 0 aliphatic heterocycles. The summed E-state index contributed by atoms with van der Waals surface area (Å²) in [6.45, 7) is 1.87. The molecule has 2 aromatic heterocycles. The highest BCUT2D eigenvalue weighted by atomic mass is 35.5. The normalized spacial score (nSPS) is 10.6. The molecule has 2 heterocycles. The van der Waals surface area contributed by atoms with E-state index in [4.69, 9.17) is 16.0 Å². The third-order valence-electron chi connectivity index (χ3n) is 4.24. The van der Waals surface area contributed by atoms with Gasteiger partial charge in [0.15, 0.2) is 0 Å². The van der Waals surface area contributed by atoms with Crippen molar-refractivity contribution in [3.8, 4) is 11.5 Å². The Morgan fingerprint density at radius 2 is 2.07 bits per heavy atom. The van der Waals surface area contributed by atoms with E-state index in [1.165, 1.54) is 30.3 Å². The van der Waals surface area contributed by atoms with Crippen LogP contribution in [0.3, 0.4) is 0 Å². The molecule has 1 N–H and O–H groups in total. The van der Waals surface area contributed by atoms with Crippen molar-refractivity contribution in [3.05, 3.63) is 65.0 Å². The third kappa shape index (κ3) is 4.60. The Morgan fingerprint density at radius 1 is 1.28 bits per heavy atom. The molecule has 0 spiro atoms. The first-order valence-corrected chi connectivity index (χ1v) is 9.18. The number of nitrogens with zero attached hydrogens (tertiary/aromatic N) is 3. The van der Waals surface area contributed by atoms with Crippen LogP contribution in [0.4, 0.5) is 10.1 Å². The van der Waals surface area contributed by atoms with Crippen molar-refractivity contribution in [3.63, 3.8) is 0 Å². The van der Waals surface area contributed by atoms with Crippen LogP contribution in [-0.4, -0.2) is 28.8 Å². The lowest BCUT2D eigenvalue weighted by molar-refractivity contribution is -0.118. The Morgan fingerprint density at radius 3 is 2.76 bits per heavy atom. The fraction of sp³-hybridized carbons (Fsp3) is 0.200. The van der Waals surface area contributed by atoms with Crippen LogP contribution < -0.4 is 10.2 Å². The van der Waals surface area contributed by atoms with Crippen LogP contribution in [-0.2, 0) is 11.3 Å². The molecular weight excluding hydrogens is 399 g/mol. The minimum absolute atomic E-state index is 0.0252. The summed E-state index contributed by atoms with van der Waals surface area (Å²) in [6.07, 6.45) is 3.07. The van der Waals surface area contributed by atoms with Crippen molar-refractivity contribution >= 4 is 29.1 Å².